The number of hydrogen-bond donors (Lipinski definition) is 1. The van der Waals surface area contributed by atoms with Crippen molar-refractivity contribution in [3.8, 4) is 5.75 Å². The number of unbranched alkanes of at least 4 members (excludes halogenated alkanes) is 2. The largest absolute Gasteiger partial charge is 0.497 e. The van der Waals surface area contributed by atoms with Gasteiger partial charge in [-0.3, -0.25) is 0 Å². The fourth-order valence-electron chi connectivity index (χ4n) is 3.33. The highest BCUT2D eigenvalue weighted by molar-refractivity contribution is 5.26. The van der Waals surface area contributed by atoms with Crippen LogP contribution in [0, 0.1) is 0 Å². The summed E-state index contributed by atoms with van der Waals surface area (Å²) in [6.07, 6.45) is 4.57. The van der Waals surface area contributed by atoms with Crippen LogP contribution >= 0.6 is 0 Å². The van der Waals surface area contributed by atoms with Gasteiger partial charge in [0.15, 0.2) is 0 Å². The summed E-state index contributed by atoms with van der Waals surface area (Å²) in [6.45, 7) is 6.11. The Balaban J connectivity index is 1.96. The quantitative estimate of drug-likeness (QED) is 0.553. The van der Waals surface area contributed by atoms with E-state index in [4.69, 9.17) is 18.9 Å². The molecule has 1 N–H and O–H groups in total. The van der Waals surface area contributed by atoms with E-state index in [0.29, 0.717) is 19.8 Å². The van der Waals surface area contributed by atoms with Gasteiger partial charge in [-0.15, -0.1) is 0 Å². The van der Waals surface area contributed by atoms with E-state index in [0.717, 1.165) is 49.8 Å². The topological polar surface area (TPSA) is 57.2 Å². The highest BCUT2D eigenvalue weighted by Gasteiger charge is 2.40. The molecule has 5 nitrogen and oxygen atoms in total. The third kappa shape index (κ3) is 7.07. The van der Waals surface area contributed by atoms with Crippen molar-refractivity contribution in [3.63, 3.8) is 0 Å². The third-order valence-corrected chi connectivity index (χ3v) is 5.08. The van der Waals surface area contributed by atoms with Gasteiger partial charge in [-0.05, 0) is 43.4 Å². The van der Waals surface area contributed by atoms with Crippen molar-refractivity contribution < 1.29 is 24.1 Å². The second-order valence-corrected chi connectivity index (χ2v) is 7.22. The number of methoxy groups -OCH3 is 1. The van der Waals surface area contributed by atoms with Crippen molar-refractivity contribution in [1.82, 2.24) is 0 Å². The van der Waals surface area contributed by atoms with E-state index >= 15 is 0 Å². The lowest BCUT2D eigenvalue weighted by Gasteiger charge is -2.39. The van der Waals surface area contributed by atoms with Gasteiger partial charge in [0.1, 0.15) is 18.0 Å². The SMILES string of the molecule is CCCCOC1CCC(OCCCC)[C@@H](O)C1OCc1ccc(OC)cc1. The molecule has 0 saturated heterocycles. The van der Waals surface area contributed by atoms with Gasteiger partial charge in [-0.1, -0.05) is 38.8 Å². The second-order valence-electron chi connectivity index (χ2n) is 7.22. The highest BCUT2D eigenvalue weighted by atomic mass is 16.6. The zero-order valence-electron chi connectivity index (χ0n) is 17.1. The highest BCUT2D eigenvalue weighted by Crippen LogP contribution is 2.28. The molecule has 1 saturated carbocycles. The molecule has 1 aromatic carbocycles. The van der Waals surface area contributed by atoms with E-state index < -0.39 is 6.10 Å². The van der Waals surface area contributed by atoms with Gasteiger partial charge in [-0.2, -0.15) is 0 Å². The molecule has 1 aliphatic rings. The summed E-state index contributed by atoms with van der Waals surface area (Å²) < 4.78 is 23.3. The number of aliphatic hydroxyl groups excluding tert-OH is 1. The van der Waals surface area contributed by atoms with Crippen LogP contribution < -0.4 is 4.74 Å². The summed E-state index contributed by atoms with van der Waals surface area (Å²) in [5, 5.41) is 10.9. The molecule has 27 heavy (non-hydrogen) atoms. The molecule has 4 atom stereocenters. The van der Waals surface area contributed by atoms with E-state index in [-0.39, 0.29) is 18.3 Å². The van der Waals surface area contributed by atoms with E-state index in [1.165, 1.54) is 0 Å². The van der Waals surface area contributed by atoms with Crippen molar-refractivity contribution in [2.24, 2.45) is 0 Å². The van der Waals surface area contributed by atoms with Crippen LogP contribution in [0.2, 0.25) is 0 Å². The maximum atomic E-state index is 10.9. The Labute approximate surface area is 164 Å². The molecular weight excluding hydrogens is 344 g/mol. The van der Waals surface area contributed by atoms with Gasteiger partial charge in [0.2, 0.25) is 0 Å². The van der Waals surface area contributed by atoms with Crippen LogP contribution in [0.3, 0.4) is 0 Å². The lowest BCUT2D eigenvalue weighted by atomic mass is 9.89. The molecule has 0 spiro atoms. The van der Waals surface area contributed by atoms with Gasteiger partial charge in [0.05, 0.1) is 25.9 Å². The Morgan fingerprint density at radius 3 is 2.07 bits per heavy atom. The minimum Gasteiger partial charge on any atom is -0.497 e. The Bertz CT molecular complexity index is 504. The number of ether oxygens (including phenoxy) is 4. The first kappa shape index (κ1) is 22.2. The molecular formula is C22H36O5. The molecule has 0 amide bonds. The molecule has 154 valence electrons. The molecule has 0 radical (unpaired) electrons. The number of aliphatic hydroxyl groups is 1. The van der Waals surface area contributed by atoms with E-state index in [2.05, 4.69) is 13.8 Å². The molecule has 1 aliphatic carbocycles. The minimum absolute atomic E-state index is 0.0872. The van der Waals surface area contributed by atoms with Crippen LogP contribution in [0.1, 0.15) is 57.9 Å². The number of rotatable bonds is 12. The third-order valence-electron chi connectivity index (χ3n) is 5.08. The molecule has 0 heterocycles. The zero-order chi connectivity index (χ0) is 19.5. The van der Waals surface area contributed by atoms with E-state index in [1.807, 2.05) is 24.3 Å². The van der Waals surface area contributed by atoms with Crippen LogP contribution in [0.25, 0.3) is 0 Å². The monoisotopic (exact) mass is 380 g/mol. The smallest absolute Gasteiger partial charge is 0.118 e. The molecule has 2 rings (SSSR count). The van der Waals surface area contributed by atoms with Gasteiger partial charge in [-0.25, -0.2) is 0 Å². The average Bonchev–Trinajstić information content (AvgIpc) is 2.70. The summed E-state index contributed by atoms with van der Waals surface area (Å²) in [5.41, 5.74) is 1.05. The van der Waals surface area contributed by atoms with Crippen LogP contribution in [0.5, 0.6) is 5.75 Å². The Kier molecular flexibility index (Phi) is 10.1. The number of hydrogen-bond acceptors (Lipinski definition) is 5. The first-order valence-electron chi connectivity index (χ1n) is 10.3. The van der Waals surface area contributed by atoms with E-state index in [9.17, 15) is 5.11 Å². The molecule has 5 heteroatoms. The Morgan fingerprint density at radius 2 is 1.48 bits per heavy atom. The van der Waals surface area contributed by atoms with Crippen LogP contribution in [-0.2, 0) is 20.8 Å². The van der Waals surface area contributed by atoms with Crippen LogP contribution in [-0.4, -0.2) is 49.8 Å². The zero-order valence-corrected chi connectivity index (χ0v) is 17.1. The first-order valence-corrected chi connectivity index (χ1v) is 10.3. The maximum absolute atomic E-state index is 10.9. The summed E-state index contributed by atoms with van der Waals surface area (Å²) in [4.78, 5) is 0. The van der Waals surface area contributed by atoms with E-state index in [1.54, 1.807) is 7.11 Å². The predicted molar refractivity (Wildman–Crippen MR) is 106 cm³/mol. The lowest BCUT2D eigenvalue weighted by molar-refractivity contribution is -0.190. The predicted octanol–water partition coefficient (Wildman–Crippen LogP) is 4.11. The van der Waals surface area contributed by atoms with Crippen molar-refractivity contribution >= 4 is 0 Å². The maximum Gasteiger partial charge on any atom is 0.118 e. The molecule has 1 fully saturated rings. The molecule has 0 aromatic heterocycles. The molecule has 3 unspecified atom stereocenters. The normalized spacial score (nSPS) is 25.5. The van der Waals surface area contributed by atoms with Crippen molar-refractivity contribution in [1.29, 1.82) is 0 Å². The summed E-state index contributed by atoms with van der Waals surface area (Å²) in [5.74, 6) is 0.821. The first-order chi connectivity index (χ1) is 13.2. The molecule has 0 aliphatic heterocycles. The standard InChI is InChI=1S/C22H36O5/c1-4-6-14-25-19-12-13-20(26-15-7-5-2)22(21(19)23)27-16-17-8-10-18(24-3)11-9-17/h8-11,19-23H,4-7,12-16H2,1-3H3/t19?,20?,21-,22?/m1/s1. The minimum atomic E-state index is -0.666. The lowest BCUT2D eigenvalue weighted by Crippen LogP contribution is -2.52. The van der Waals surface area contributed by atoms with Crippen molar-refractivity contribution in [2.75, 3.05) is 20.3 Å². The van der Waals surface area contributed by atoms with Gasteiger partial charge >= 0.3 is 0 Å². The summed E-state index contributed by atoms with van der Waals surface area (Å²) in [7, 11) is 1.65. The molecule has 1 aromatic rings. The second kappa shape index (κ2) is 12.3. The fourth-order valence-corrected chi connectivity index (χ4v) is 3.33. The van der Waals surface area contributed by atoms with Gasteiger partial charge in [0, 0.05) is 13.2 Å². The number of benzene rings is 1. The average molecular weight is 381 g/mol. The van der Waals surface area contributed by atoms with Gasteiger partial charge < -0.3 is 24.1 Å². The fraction of sp³-hybridized carbons (Fsp3) is 0.727. The Morgan fingerprint density at radius 1 is 0.889 bits per heavy atom. The molecule has 0 bridgehead atoms. The van der Waals surface area contributed by atoms with Gasteiger partial charge in [0.25, 0.3) is 0 Å². The van der Waals surface area contributed by atoms with Crippen molar-refractivity contribution in [2.45, 2.75) is 83.4 Å². The summed E-state index contributed by atoms with van der Waals surface area (Å²) in [6, 6.07) is 7.80. The van der Waals surface area contributed by atoms with Crippen LogP contribution in [0.4, 0.5) is 0 Å². The Hall–Kier alpha value is -1.14. The van der Waals surface area contributed by atoms with Crippen molar-refractivity contribution in [3.05, 3.63) is 29.8 Å². The van der Waals surface area contributed by atoms with Crippen LogP contribution in [0.15, 0.2) is 24.3 Å². The summed E-state index contributed by atoms with van der Waals surface area (Å²) >= 11 is 0.